The molecular weight excluding hydrogens is 224 g/mol. The van der Waals surface area contributed by atoms with Gasteiger partial charge in [0, 0.05) is 24.3 Å². The fraction of sp³-hybridized carbons (Fsp3) is 0.600. The molecule has 0 N–H and O–H groups in total. The highest BCUT2D eigenvalue weighted by molar-refractivity contribution is 5.93. The van der Waals surface area contributed by atoms with Crippen molar-refractivity contribution in [3.05, 3.63) is 23.9 Å². The van der Waals surface area contributed by atoms with E-state index in [4.69, 9.17) is 0 Å². The van der Waals surface area contributed by atoms with Gasteiger partial charge >= 0.3 is 0 Å². The molecule has 0 radical (unpaired) electrons. The second-order valence-electron chi connectivity index (χ2n) is 5.57. The maximum absolute atomic E-state index is 11.2. The standard InChI is InChI=1S/C15H22N2O/c1-11(2)8-9-17(14-5-6-14)15-7-4-13(10-16-15)12(3)18/h4,7,10-11,14H,5-6,8-9H2,1-3H3. The highest BCUT2D eigenvalue weighted by Crippen LogP contribution is 2.31. The van der Waals surface area contributed by atoms with E-state index in [1.165, 1.54) is 19.3 Å². The third-order valence-corrected chi connectivity index (χ3v) is 3.38. The Kier molecular flexibility index (Phi) is 4.00. The van der Waals surface area contributed by atoms with Crippen LogP contribution in [0.2, 0.25) is 0 Å². The molecule has 1 aliphatic rings. The van der Waals surface area contributed by atoms with Crippen LogP contribution in [0.1, 0.15) is 50.4 Å². The van der Waals surface area contributed by atoms with Crippen LogP contribution in [0.5, 0.6) is 0 Å². The number of pyridine rings is 1. The molecular formula is C15H22N2O. The minimum absolute atomic E-state index is 0.0780. The summed E-state index contributed by atoms with van der Waals surface area (Å²) < 4.78 is 0. The van der Waals surface area contributed by atoms with Gasteiger partial charge in [0.1, 0.15) is 5.82 Å². The molecule has 98 valence electrons. The Balaban J connectivity index is 2.07. The molecule has 0 aromatic carbocycles. The van der Waals surface area contributed by atoms with Crippen LogP contribution >= 0.6 is 0 Å². The minimum Gasteiger partial charge on any atom is -0.354 e. The zero-order chi connectivity index (χ0) is 13.1. The van der Waals surface area contributed by atoms with E-state index in [0.29, 0.717) is 17.5 Å². The van der Waals surface area contributed by atoms with Crippen molar-refractivity contribution >= 4 is 11.6 Å². The lowest BCUT2D eigenvalue weighted by atomic mass is 10.1. The summed E-state index contributed by atoms with van der Waals surface area (Å²) in [6.45, 7) is 7.14. The number of ketones is 1. The van der Waals surface area contributed by atoms with Crippen LogP contribution in [0.25, 0.3) is 0 Å². The van der Waals surface area contributed by atoms with E-state index < -0.39 is 0 Å². The zero-order valence-electron chi connectivity index (χ0n) is 11.5. The first-order valence-electron chi connectivity index (χ1n) is 6.81. The van der Waals surface area contributed by atoms with Gasteiger partial charge in [0.25, 0.3) is 0 Å². The monoisotopic (exact) mass is 246 g/mol. The number of carbonyl (C=O) groups excluding carboxylic acids is 1. The lowest BCUT2D eigenvalue weighted by molar-refractivity contribution is 0.101. The second-order valence-corrected chi connectivity index (χ2v) is 5.57. The average molecular weight is 246 g/mol. The number of Topliss-reactive ketones (excluding diaryl/α,β-unsaturated/α-hetero) is 1. The average Bonchev–Trinajstić information content (AvgIpc) is 3.14. The third-order valence-electron chi connectivity index (χ3n) is 3.38. The van der Waals surface area contributed by atoms with Crippen LogP contribution < -0.4 is 4.90 Å². The first-order valence-corrected chi connectivity index (χ1v) is 6.81. The predicted molar refractivity (Wildman–Crippen MR) is 74.1 cm³/mol. The van der Waals surface area contributed by atoms with Gasteiger partial charge in [-0.05, 0) is 44.2 Å². The predicted octanol–water partition coefficient (Wildman–Crippen LogP) is 3.30. The van der Waals surface area contributed by atoms with Crippen LogP contribution in [0.3, 0.4) is 0 Å². The van der Waals surface area contributed by atoms with Crippen molar-refractivity contribution in [1.82, 2.24) is 4.98 Å². The summed E-state index contributed by atoms with van der Waals surface area (Å²) in [5.41, 5.74) is 0.693. The summed E-state index contributed by atoms with van der Waals surface area (Å²) in [5.74, 6) is 1.81. The summed E-state index contributed by atoms with van der Waals surface area (Å²) >= 11 is 0. The molecule has 1 heterocycles. The molecule has 3 heteroatoms. The van der Waals surface area contributed by atoms with Crippen molar-refractivity contribution < 1.29 is 4.79 Å². The molecule has 1 aliphatic carbocycles. The van der Waals surface area contributed by atoms with Crippen LogP contribution in [-0.4, -0.2) is 23.4 Å². The fourth-order valence-electron chi connectivity index (χ4n) is 2.03. The molecule has 0 bridgehead atoms. The molecule has 0 unspecified atom stereocenters. The summed E-state index contributed by atoms with van der Waals surface area (Å²) in [6.07, 6.45) is 5.43. The largest absolute Gasteiger partial charge is 0.354 e. The summed E-state index contributed by atoms with van der Waals surface area (Å²) in [5, 5.41) is 0. The fourth-order valence-corrected chi connectivity index (χ4v) is 2.03. The molecule has 2 rings (SSSR count). The Hall–Kier alpha value is -1.38. The maximum Gasteiger partial charge on any atom is 0.161 e. The minimum atomic E-state index is 0.0780. The van der Waals surface area contributed by atoms with Gasteiger partial charge in [0.05, 0.1) is 0 Å². The van der Waals surface area contributed by atoms with E-state index in [9.17, 15) is 4.79 Å². The van der Waals surface area contributed by atoms with Gasteiger partial charge in [-0.25, -0.2) is 4.98 Å². The topological polar surface area (TPSA) is 33.2 Å². The quantitative estimate of drug-likeness (QED) is 0.722. The Morgan fingerprint density at radius 3 is 2.61 bits per heavy atom. The van der Waals surface area contributed by atoms with Gasteiger partial charge in [-0.3, -0.25) is 4.79 Å². The van der Waals surface area contributed by atoms with Gasteiger partial charge in [-0.2, -0.15) is 0 Å². The maximum atomic E-state index is 11.2. The molecule has 1 aromatic heterocycles. The van der Waals surface area contributed by atoms with Crippen molar-refractivity contribution in [2.24, 2.45) is 5.92 Å². The van der Waals surface area contributed by atoms with Crippen molar-refractivity contribution in [3.8, 4) is 0 Å². The molecule has 0 amide bonds. The van der Waals surface area contributed by atoms with Crippen LogP contribution in [0, 0.1) is 5.92 Å². The molecule has 3 nitrogen and oxygen atoms in total. The van der Waals surface area contributed by atoms with E-state index in [1.807, 2.05) is 12.1 Å². The van der Waals surface area contributed by atoms with Gasteiger partial charge in [0.2, 0.25) is 0 Å². The second kappa shape index (κ2) is 5.51. The molecule has 1 fully saturated rings. The van der Waals surface area contributed by atoms with E-state index >= 15 is 0 Å². The Labute approximate surface area is 109 Å². The van der Waals surface area contributed by atoms with Gasteiger partial charge in [0.15, 0.2) is 5.78 Å². The molecule has 0 spiro atoms. The number of hydrogen-bond donors (Lipinski definition) is 0. The third kappa shape index (κ3) is 3.31. The number of aromatic nitrogens is 1. The zero-order valence-corrected chi connectivity index (χ0v) is 11.5. The summed E-state index contributed by atoms with van der Waals surface area (Å²) in [6, 6.07) is 4.53. The van der Waals surface area contributed by atoms with Gasteiger partial charge in [-0.15, -0.1) is 0 Å². The van der Waals surface area contributed by atoms with E-state index in [2.05, 4.69) is 23.7 Å². The Bertz CT molecular complexity index is 407. The number of nitrogens with zero attached hydrogens (tertiary/aromatic N) is 2. The van der Waals surface area contributed by atoms with Crippen molar-refractivity contribution in [1.29, 1.82) is 0 Å². The van der Waals surface area contributed by atoms with Crippen molar-refractivity contribution in [2.45, 2.75) is 46.1 Å². The van der Waals surface area contributed by atoms with Crippen LogP contribution in [0.4, 0.5) is 5.82 Å². The number of carbonyl (C=O) groups is 1. The number of anilines is 1. The summed E-state index contributed by atoms with van der Waals surface area (Å²) in [7, 11) is 0. The van der Waals surface area contributed by atoms with E-state index in [1.54, 1.807) is 13.1 Å². The SMILES string of the molecule is CC(=O)c1ccc(N(CCC(C)C)C2CC2)nc1. The molecule has 18 heavy (non-hydrogen) atoms. The molecule has 1 aromatic rings. The number of rotatable bonds is 6. The first-order chi connectivity index (χ1) is 8.58. The normalized spacial score (nSPS) is 14.9. The first kappa shape index (κ1) is 13.1. The van der Waals surface area contributed by atoms with Crippen LogP contribution in [0.15, 0.2) is 18.3 Å². The molecule has 0 aliphatic heterocycles. The lowest BCUT2D eigenvalue weighted by Crippen LogP contribution is -2.28. The van der Waals surface area contributed by atoms with Crippen molar-refractivity contribution in [3.63, 3.8) is 0 Å². The number of hydrogen-bond acceptors (Lipinski definition) is 3. The Morgan fingerprint density at radius 1 is 1.44 bits per heavy atom. The summed E-state index contributed by atoms with van der Waals surface area (Å²) in [4.78, 5) is 18.1. The Morgan fingerprint density at radius 2 is 2.17 bits per heavy atom. The molecule has 1 saturated carbocycles. The highest BCUT2D eigenvalue weighted by atomic mass is 16.1. The highest BCUT2D eigenvalue weighted by Gasteiger charge is 2.29. The van der Waals surface area contributed by atoms with Crippen molar-refractivity contribution in [2.75, 3.05) is 11.4 Å². The lowest BCUT2D eigenvalue weighted by Gasteiger charge is -2.24. The van der Waals surface area contributed by atoms with E-state index in [-0.39, 0.29) is 5.78 Å². The van der Waals surface area contributed by atoms with Gasteiger partial charge in [-0.1, -0.05) is 13.8 Å². The van der Waals surface area contributed by atoms with Crippen LogP contribution in [-0.2, 0) is 0 Å². The van der Waals surface area contributed by atoms with Gasteiger partial charge < -0.3 is 4.90 Å². The molecule has 0 atom stereocenters. The molecule has 0 saturated heterocycles. The van der Waals surface area contributed by atoms with E-state index in [0.717, 1.165) is 12.4 Å². The smallest absolute Gasteiger partial charge is 0.161 e.